The van der Waals surface area contributed by atoms with E-state index >= 15 is 0 Å². The SMILES string of the molecule is CCCOB(Oc1ccccc1)c1ccc2c(c1)Cc1ccccc1-2. The summed E-state index contributed by atoms with van der Waals surface area (Å²) in [6.45, 7) is 2.79. The van der Waals surface area contributed by atoms with Crippen LogP contribution in [-0.2, 0) is 11.1 Å². The maximum absolute atomic E-state index is 6.12. The number of hydrogen-bond acceptors (Lipinski definition) is 2. The zero-order valence-electron chi connectivity index (χ0n) is 14.4. The third kappa shape index (κ3) is 3.33. The summed E-state index contributed by atoms with van der Waals surface area (Å²) in [4.78, 5) is 0. The van der Waals surface area contributed by atoms with E-state index in [0.717, 1.165) is 24.1 Å². The van der Waals surface area contributed by atoms with E-state index in [2.05, 4.69) is 49.4 Å². The Morgan fingerprint density at radius 2 is 1.60 bits per heavy atom. The highest BCUT2D eigenvalue weighted by molar-refractivity contribution is 6.62. The normalized spacial score (nSPS) is 11.7. The lowest BCUT2D eigenvalue weighted by Crippen LogP contribution is -2.40. The Hall–Kier alpha value is -2.52. The molecule has 0 atom stereocenters. The molecule has 0 bridgehead atoms. The summed E-state index contributed by atoms with van der Waals surface area (Å²) >= 11 is 0. The highest BCUT2D eigenvalue weighted by Gasteiger charge is 2.26. The van der Waals surface area contributed by atoms with Gasteiger partial charge in [0.1, 0.15) is 5.75 Å². The predicted molar refractivity (Wildman–Crippen MR) is 103 cm³/mol. The van der Waals surface area contributed by atoms with Crippen molar-refractivity contribution in [2.24, 2.45) is 0 Å². The van der Waals surface area contributed by atoms with Gasteiger partial charge in [0.15, 0.2) is 0 Å². The molecule has 1 aliphatic carbocycles. The molecule has 3 aromatic carbocycles. The standard InChI is InChI=1S/C22H21BO2/c1-2-14-24-23(25-20-9-4-3-5-10-20)19-12-13-22-18(16-19)15-17-8-6-7-11-21(17)22/h3-13,16H,2,14-15H2,1H3. The summed E-state index contributed by atoms with van der Waals surface area (Å²) in [5.74, 6) is 0.826. The predicted octanol–water partition coefficient (Wildman–Crippen LogP) is 4.46. The molecule has 0 spiro atoms. The van der Waals surface area contributed by atoms with Crippen LogP contribution in [0.4, 0.5) is 0 Å². The number of fused-ring (bicyclic) bond motifs is 3. The van der Waals surface area contributed by atoms with Gasteiger partial charge < -0.3 is 9.31 Å². The molecular formula is C22H21BO2. The molecule has 124 valence electrons. The average molecular weight is 328 g/mol. The molecular weight excluding hydrogens is 307 g/mol. The van der Waals surface area contributed by atoms with E-state index in [1.807, 2.05) is 30.3 Å². The van der Waals surface area contributed by atoms with Gasteiger partial charge in [0.25, 0.3) is 0 Å². The molecule has 3 aromatic rings. The van der Waals surface area contributed by atoms with Crippen molar-refractivity contribution in [1.29, 1.82) is 0 Å². The van der Waals surface area contributed by atoms with Crippen LogP contribution in [0.15, 0.2) is 72.8 Å². The second kappa shape index (κ2) is 7.16. The van der Waals surface area contributed by atoms with Crippen molar-refractivity contribution in [2.75, 3.05) is 6.61 Å². The van der Waals surface area contributed by atoms with E-state index in [1.165, 1.54) is 22.3 Å². The zero-order chi connectivity index (χ0) is 17.1. The molecule has 25 heavy (non-hydrogen) atoms. The molecule has 0 saturated heterocycles. The maximum Gasteiger partial charge on any atom is 0.562 e. The first-order chi connectivity index (χ1) is 12.3. The smallest absolute Gasteiger partial charge is 0.532 e. The van der Waals surface area contributed by atoms with Gasteiger partial charge >= 0.3 is 7.12 Å². The van der Waals surface area contributed by atoms with E-state index < -0.39 is 0 Å². The van der Waals surface area contributed by atoms with Crippen molar-refractivity contribution in [3.63, 3.8) is 0 Å². The molecule has 0 heterocycles. The van der Waals surface area contributed by atoms with Crippen LogP contribution >= 0.6 is 0 Å². The fourth-order valence-corrected chi connectivity index (χ4v) is 3.36. The average Bonchev–Trinajstić information content (AvgIpc) is 3.03. The lowest BCUT2D eigenvalue weighted by atomic mass is 9.77. The molecule has 0 unspecified atom stereocenters. The van der Waals surface area contributed by atoms with E-state index in [1.54, 1.807) is 0 Å². The summed E-state index contributed by atoms with van der Waals surface area (Å²) in [7, 11) is -0.378. The molecule has 0 saturated carbocycles. The highest BCUT2D eigenvalue weighted by Crippen LogP contribution is 2.35. The van der Waals surface area contributed by atoms with Gasteiger partial charge in [-0.25, -0.2) is 0 Å². The number of rotatable bonds is 6. The summed E-state index contributed by atoms with van der Waals surface area (Å²) in [5, 5.41) is 0. The summed E-state index contributed by atoms with van der Waals surface area (Å²) in [6.07, 6.45) is 1.94. The Balaban J connectivity index is 1.63. The Bertz CT molecular complexity index is 861. The first-order valence-corrected chi connectivity index (χ1v) is 8.89. The zero-order valence-corrected chi connectivity index (χ0v) is 14.4. The Labute approximate surface area is 149 Å². The van der Waals surface area contributed by atoms with E-state index in [4.69, 9.17) is 9.31 Å². The van der Waals surface area contributed by atoms with Crippen LogP contribution in [0, 0.1) is 0 Å². The topological polar surface area (TPSA) is 18.5 Å². The van der Waals surface area contributed by atoms with Crippen LogP contribution in [0.25, 0.3) is 11.1 Å². The Morgan fingerprint density at radius 1 is 0.840 bits per heavy atom. The lowest BCUT2D eigenvalue weighted by Gasteiger charge is -2.16. The first-order valence-electron chi connectivity index (χ1n) is 8.89. The van der Waals surface area contributed by atoms with Gasteiger partial charge in [-0.05, 0) is 52.7 Å². The third-order valence-corrected chi connectivity index (χ3v) is 4.55. The van der Waals surface area contributed by atoms with Crippen molar-refractivity contribution in [3.8, 4) is 16.9 Å². The highest BCUT2D eigenvalue weighted by atomic mass is 16.6. The molecule has 0 aromatic heterocycles. The van der Waals surface area contributed by atoms with E-state index in [9.17, 15) is 0 Å². The minimum Gasteiger partial charge on any atom is -0.532 e. The summed E-state index contributed by atoms with van der Waals surface area (Å²) in [5.41, 5.74) is 6.49. The molecule has 0 amide bonds. The molecule has 3 heteroatoms. The van der Waals surface area contributed by atoms with Crippen molar-refractivity contribution in [1.82, 2.24) is 0 Å². The van der Waals surface area contributed by atoms with Gasteiger partial charge in [0, 0.05) is 6.61 Å². The van der Waals surface area contributed by atoms with Crippen LogP contribution in [0.2, 0.25) is 0 Å². The Kier molecular flexibility index (Phi) is 4.58. The fraction of sp³-hybridized carbons (Fsp3) is 0.182. The number of para-hydroxylation sites is 1. The van der Waals surface area contributed by atoms with Crippen LogP contribution in [0.5, 0.6) is 5.75 Å². The van der Waals surface area contributed by atoms with Crippen LogP contribution in [-0.4, -0.2) is 13.7 Å². The van der Waals surface area contributed by atoms with Crippen LogP contribution < -0.4 is 10.1 Å². The summed E-state index contributed by atoms with van der Waals surface area (Å²) < 4.78 is 12.1. The third-order valence-electron chi connectivity index (χ3n) is 4.55. The van der Waals surface area contributed by atoms with Crippen molar-refractivity contribution in [2.45, 2.75) is 19.8 Å². The van der Waals surface area contributed by atoms with Gasteiger partial charge in [-0.3, -0.25) is 0 Å². The van der Waals surface area contributed by atoms with Crippen molar-refractivity contribution >= 4 is 12.6 Å². The second-order valence-electron chi connectivity index (χ2n) is 6.38. The lowest BCUT2D eigenvalue weighted by molar-refractivity contribution is 0.276. The van der Waals surface area contributed by atoms with E-state index in [-0.39, 0.29) is 7.12 Å². The fourth-order valence-electron chi connectivity index (χ4n) is 3.36. The molecule has 1 aliphatic rings. The maximum atomic E-state index is 6.12. The number of benzene rings is 3. The van der Waals surface area contributed by atoms with Crippen LogP contribution in [0.3, 0.4) is 0 Å². The quantitative estimate of drug-likeness (QED) is 0.487. The minimum atomic E-state index is -0.378. The molecule has 2 nitrogen and oxygen atoms in total. The molecule has 4 rings (SSSR count). The molecule has 0 radical (unpaired) electrons. The molecule has 0 aliphatic heterocycles. The van der Waals surface area contributed by atoms with Gasteiger partial charge in [-0.2, -0.15) is 0 Å². The Morgan fingerprint density at radius 3 is 2.44 bits per heavy atom. The monoisotopic (exact) mass is 328 g/mol. The van der Waals surface area contributed by atoms with Crippen molar-refractivity contribution in [3.05, 3.63) is 83.9 Å². The molecule has 0 fully saturated rings. The van der Waals surface area contributed by atoms with Gasteiger partial charge in [0.05, 0.1) is 0 Å². The van der Waals surface area contributed by atoms with Gasteiger partial charge in [-0.15, -0.1) is 0 Å². The minimum absolute atomic E-state index is 0.378. The second-order valence-corrected chi connectivity index (χ2v) is 6.38. The van der Waals surface area contributed by atoms with Gasteiger partial charge in [-0.1, -0.05) is 67.6 Å². The summed E-state index contributed by atoms with van der Waals surface area (Å²) in [6, 6.07) is 25.1. The van der Waals surface area contributed by atoms with Crippen molar-refractivity contribution < 1.29 is 9.31 Å². The first kappa shape index (κ1) is 16.0. The molecule has 0 N–H and O–H groups in total. The van der Waals surface area contributed by atoms with Crippen LogP contribution in [0.1, 0.15) is 24.5 Å². The van der Waals surface area contributed by atoms with Gasteiger partial charge in [0.2, 0.25) is 0 Å². The largest absolute Gasteiger partial charge is 0.562 e. The number of hydrogen-bond donors (Lipinski definition) is 0. The van der Waals surface area contributed by atoms with E-state index in [0.29, 0.717) is 6.61 Å².